The number of hydrogen-bond donors (Lipinski definition) is 1. The Labute approximate surface area is 182 Å². The van der Waals surface area contributed by atoms with E-state index in [1.807, 2.05) is 31.2 Å². The van der Waals surface area contributed by atoms with Crippen LogP contribution >= 0.6 is 11.3 Å². The number of amides is 1. The van der Waals surface area contributed by atoms with Crippen LogP contribution in [0.1, 0.15) is 41.4 Å². The minimum absolute atomic E-state index is 0.111. The van der Waals surface area contributed by atoms with Crippen molar-refractivity contribution >= 4 is 33.0 Å². The molecule has 0 unspecified atom stereocenters. The maximum absolute atomic E-state index is 12.9. The molecule has 0 aliphatic carbocycles. The van der Waals surface area contributed by atoms with Gasteiger partial charge in [0.2, 0.25) is 0 Å². The van der Waals surface area contributed by atoms with Crippen LogP contribution in [0.15, 0.2) is 70.3 Å². The summed E-state index contributed by atoms with van der Waals surface area (Å²) in [5.41, 5.74) is 3.21. The summed E-state index contributed by atoms with van der Waals surface area (Å²) >= 11 is 1.18. The molecule has 0 fully saturated rings. The number of carbonyl (C=O) groups is 1. The number of nitrogens with zero attached hydrogens (tertiary/aromatic N) is 1. The van der Waals surface area contributed by atoms with Crippen molar-refractivity contribution in [2.45, 2.75) is 31.0 Å². The summed E-state index contributed by atoms with van der Waals surface area (Å²) in [6, 6.07) is 17.8. The zero-order valence-corrected chi connectivity index (χ0v) is 19.1. The molecule has 3 rings (SSSR count). The first-order chi connectivity index (χ1) is 14.2. The fourth-order valence-corrected chi connectivity index (χ4v) is 5.63. The third-order valence-corrected chi connectivity index (χ3v) is 8.24. The van der Waals surface area contributed by atoms with E-state index in [-0.39, 0.29) is 22.1 Å². The highest BCUT2D eigenvalue weighted by molar-refractivity contribution is 7.94. The Balaban J connectivity index is 1.78. The molecule has 1 aromatic heterocycles. The molecule has 3 aromatic rings. The molecule has 2 aromatic carbocycles. The normalized spacial score (nSPS) is 12.6. The monoisotopic (exact) mass is 442 g/mol. The number of aryl methyl sites for hydroxylation is 1. The van der Waals surface area contributed by atoms with Gasteiger partial charge in [0.25, 0.3) is 15.9 Å². The van der Waals surface area contributed by atoms with Crippen LogP contribution in [0.25, 0.3) is 0 Å². The van der Waals surface area contributed by atoms with Crippen molar-refractivity contribution in [2.75, 3.05) is 11.4 Å². The summed E-state index contributed by atoms with van der Waals surface area (Å²) in [6.45, 7) is 6.19. The number of carbonyl (C=O) groups excluding carboxylic acids is 1. The Morgan fingerprint density at radius 3 is 2.23 bits per heavy atom. The molecule has 158 valence electrons. The van der Waals surface area contributed by atoms with E-state index in [1.54, 1.807) is 41.8 Å². The van der Waals surface area contributed by atoms with Crippen molar-refractivity contribution in [3.05, 3.63) is 82.7 Å². The van der Waals surface area contributed by atoms with Crippen LogP contribution in [0, 0.1) is 12.8 Å². The summed E-state index contributed by atoms with van der Waals surface area (Å²) in [6.07, 6.45) is 0. The highest BCUT2D eigenvalue weighted by Crippen LogP contribution is 2.27. The van der Waals surface area contributed by atoms with E-state index >= 15 is 0 Å². The number of anilines is 1. The molecule has 1 amide bonds. The molecule has 0 spiro atoms. The zero-order chi connectivity index (χ0) is 21.9. The molecule has 5 nitrogen and oxygen atoms in total. The molecule has 0 saturated heterocycles. The smallest absolute Gasteiger partial charge is 0.273 e. The molecule has 0 bridgehead atoms. The van der Waals surface area contributed by atoms with Crippen molar-refractivity contribution in [2.24, 2.45) is 5.92 Å². The van der Waals surface area contributed by atoms with Crippen molar-refractivity contribution in [3.8, 4) is 0 Å². The van der Waals surface area contributed by atoms with E-state index < -0.39 is 10.0 Å². The van der Waals surface area contributed by atoms with Gasteiger partial charge in [0.05, 0.1) is 11.7 Å². The predicted octanol–water partition coefficient (Wildman–Crippen LogP) is 5.01. The lowest BCUT2D eigenvalue weighted by atomic mass is 9.92. The first-order valence-corrected chi connectivity index (χ1v) is 12.0. The molecule has 30 heavy (non-hydrogen) atoms. The van der Waals surface area contributed by atoms with Gasteiger partial charge in [-0.2, -0.15) is 0 Å². The predicted molar refractivity (Wildman–Crippen MR) is 123 cm³/mol. The first-order valence-electron chi connectivity index (χ1n) is 9.70. The number of benzene rings is 2. The topological polar surface area (TPSA) is 66.5 Å². The Hall–Kier alpha value is -2.64. The maximum atomic E-state index is 12.9. The summed E-state index contributed by atoms with van der Waals surface area (Å²) in [5, 5.41) is 4.85. The van der Waals surface area contributed by atoms with Gasteiger partial charge in [-0.3, -0.25) is 9.10 Å². The van der Waals surface area contributed by atoms with Gasteiger partial charge in [0, 0.05) is 12.6 Å². The van der Waals surface area contributed by atoms with Gasteiger partial charge in [-0.15, -0.1) is 11.3 Å². The van der Waals surface area contributed by atoms with Crippen molar-refractivity contribution in [3.63, 3.8) is 0 Å². The number of nitrogens with one attached hydrogen (secondary N) is 1. The third kappa shape index (κ3) is 4.57. The van der Waals surface area contributed by atoms with E-state index in [9.17, 15) is 13.2 Å². The lowest BCUT2D eigenvalue weighted by Gasteiger charge is -2.25. The molecule has 0 radical (unpaired) electrons. The minimum Gasteiger partial charge on any atom is -0.345 e. The van der Waals surface area contributed by atoms with E-state index in [0.29, 0.717) is 11.3 Å². The Morgan fingerprint density at radius 2 is 1.67 bits per heavy atom. The lowest BCUT2D eigenvalue weighted by molar-refractivity contribution is 0.0925. The number of rotatable bonds is 7. The van der Waals surface area contributed by atoms with Gasteiger partial charge in [-0.1, -0.05) is 44.2 Å². The number of thiophene rings is 1. The van der Waals surface area contributed by atoms with Crippen molar-refractivity contribution in [1.82, 2.24) is 5.32 Å². The molecule has 1 heterocycles. The Bertz CT molecular complexity index is 1110. The fraction of sp³-hybridized carbons (Fsp3) is 0.261. The highest BCUT2D eigenvalue weighted by Gasteiger charge is 2.23. The van der Waals surface area contributed by atoms with Crippen LogP contribution < -0.4 is 9.62 Å². The van der Waals surface area contributed by atoms with E-state index in [4.69, 9.17) is 0 Å². The number of sulfonamides is 1. The molecular formula is C23H26N2O3S2. The quantitative estimate of drug-likeness (QED) is 0.559. The SMILES string of the molecule is Cc1ccccc1[C@@H](NC(=O)c1ccc(N(C)S(=O)(=O)c2cccs2)cc1)C(C)C. The van der Waals surface area contributed by atoms with E-state index in [1.165, 1.54) is 22.7 Å². The molecule has 0 aliphatic rings. The van der Waals surface area contributed by atoms with Gasteiger partial charge in [-0.05, 0) is 59.7 Å². The Morgan fingerprint density at radius 1 is 1.00 bits per heavy atom. The van der Waals surface area contributed by atoms with Gasteiger partial charge >= 0.3 is 0 Å². The zero-order valence-electron chi connectivity index (χ0n) is 17.5. The van der Waals surface area contributed by atoms with Crippen LogP contribution in [0.4, 0.5) is 5.69 Å². The van der Waals surface area contributed by atoms with Crippen LogP contribution in [-0.4, -0.2) is 21.4 Å². The van der Waals surface area contributed by atoms with Crippen LogP contribution in [0.3, 0.4) is 0 Å². The average Bonchev–Trinajstić information content (AvgIpc) is 3.28. The molecule has 7 heteroatoms. The summed E-state index contributed by atoms with van der Waals surface area (Å²) in [7, 11) is -2.09. The van der Waals surface area contributed by atoms with Gasteiger partial charge in [0.15, 0.2) is 0 Å². The first kappa shape index (κ1) is 22.1. The van der Waals surface area contributed by atoms with E-state index in [2.05, 4.69) is 19.2 Å². The minimum atomic E-state index is -3.60. The molecule has 0 saturated carbocycles. The summed E-state index contributed by atoms with van der Waals surface area (Å²) in [5.74, 6) is 0.0312. The lowest BCUT2D eigenvalue weighted by Crippen LogP contribution is -2.32. The summed E-state index contributed by atoms with van der Waals surface area (Å²) in [4.78, 5) is 12.9. The second-order valence-electron chi connectivity index (χ2n) is 7.50. The maximum Gasteiger partial charge on any atom is 0.273 e. The second kappa shape index (κ2) is 9.02. The second-order valence-corrected chi connectivity index (χ2v) is 10.6. The molecular weight excluding hydrogens is 416 g/mol. The van der Waals surface area contributed by atoms with Gasteiger partial charge in [0.1, 0.15) is 4.21 Å². The number of hydrogen-bond acceptors (Lipinski definition) is 4. The third-order valence-electron chi connectivity index (χ3n) is 5.08. The standard InChI is InChI=1S/C23H26N2O3S2/c1-16(2)22(20-9-6-5-8-17(20)3)24-23(26)18-11-13-19(14-12-18)25(4)30(27,28)21-10-7-15-29-21/h5-16,22H,1-4H3,(H,24,26)/t22-/m0/s1. The fourth-order valence-electron chi connectivity index (χ4n) is 3.27. The molecule has 1 N–H and O–H groups in total. The summed E-state index contributed by atoms with van der Waals surface area (Å²) < 4.78 is 26.9. The largest absolute Gasteiger partial charge is 0.345 e. The average molecular weight is 443 g/mol. The van der Waals surface area contributed by atoms with Crippen molar-refractivity contribution in [1.29, 1.82) is 0 Å². The van der Waals surface area contributed by atoms with Gasteiger partial charge in [-0.25, -0.2) is 8.42 Å². The van der Waals surface area contributed by atoms with E-state index in [0.717, 1.165) is 11.1 Å². The highest BCUT2D eigenvalue weighted by atomic mass is 32.2. The van der Waals surface area contributed by atoms with Crippen LogP contribution in [0.2, 0.25) is 0 Å². The van der Waals surface area contributed by atoms with Crippen LogP contribution in [0.5, 0.6) is 0 Å². The van der Waals surface area contributed by atoms with Gasteiger partial charge < -0.3 is 5.32 Å². The molecule has 1 atom stereocenters. The van der Waals surface area contributed by atoms with Crippen molar-refractivity contribution < 1.29 is 13.2 Å². The molecule has 0 aliphatic heterocycles. The van der Waals surface area contributed by atoms with Crippen LogP contribution in [-0.2, 0) is 10.0 Å². The Kier molecular flexibility index (Phi) is 6.63.